The van der Waals surface area contributed by atoms with Crippen LogP contribution < -0.4 is 0 Å². The first-order valence-electron chi connectivity index (χ1n) is 9.00. The van der Waals surface area contributed by atoms with Gasteiger partial charge in [0, 0.05) is 24.0 Å². The smallest absolute Gasteiger partial charge is 0.163 e. The minimum Gasteiger partial charge on any atom is -0.611 e. The molecule has 0 spiro atoms. The van der Waals surface area contributed by atoms with Crippen LogP contribution in [0.15, 0.2) is 71.0 Å². The van der Waals surface area contributed by atoms with E-state index in [0.29, 0.717) is 21.5 Å². The Labute approximate surface area is 187 Å². The van der Waals surface area contributed by atoms with Gasteiger partial charge in [-0.25, -0.2) is 4.98 Å². The molecule has 3 rings (SSSR count). The van der Waals surface area contributed by atoms with Gasteiger partial charge in [0.05, 0.1) is 22.9 Å². The monoisotopic (exact) mass is 468 g/mol. The summed E-state index contributed by atoms with van der Waals surface area (Å²) in [6.45, 7) is 6.31. The third-order valence-electron chi connectivity index (χ3n) is 4.34. The lowest BCUT2D eigenvalue weighted by molar-refractivity contribution is 0.558. The molecule has 154 valence electrons. The van der Waals surface area contributed by atoms with Crippen LogP contribution >= 0.6 is 23.2 Å². The van der Waals surface area contributed by atoms with Crippen LogP contribution in [0.5, 0.6) is 0 Å². The predicted octanol–water partition coefficient (Wildman–Crippen LogP) is 5.65. The van der Waals surface area contributed by atoms with Crippen LogP contribution in [0.1, 0.15) is 31.6 Å². The second-order valence-corrected chi connectivity index (χ2v) is 12.3. The van der Waals surface area contributed by atoms with E-state index in [0.717, 1.165) is 10.5 Å². The standard InChI is InChI=1S/C21H22Cl2N2O2S2/c1-21(2,3)29(27)16-6-4-15(5-7-16)20(13-25-11-10-24-14-25)28(26)17-8-9-18(22)19(23)12-17/h4-12,14,20H,13H2,1-3H3. The van der Waals surface area contributed by atoms with Gasteiger partial charge in [0.25, 0.3) is 0 Å². The number of hydrogen-bond donors (Lipinski definition) is 0. The molecule has 0 bridgehead atoms. The van der Waals surface area contributed by atoms with Gasteiger partial charge in [-0.2, -0.15) is 0 Å². The Morgan fingerprint density at radius 1 is 1.00 bits per heavy atom. The summed E-state index contributed by atoms with van der Waals surface area (Å²) in [6.07, 6.45) is 5.22. The summed E-state index contributed by atoms with van der Waals surface area (Å²) >= 11 is 9.64. The van der Waals surface area contributed by atoms with Crippen molar-refractivity contribution < 1.29 is 9.11 Å². The molecule has 3 aromatic rings. The van der Waals surface area contributed by atoms with E-state index < -0.39 is 22.4 Å². The summed E-state index contributed by atoms with van der Waals surface area (Å²) in [5.74, 6) is 0. The molecule has 4 nitrogen and oxygen atoms in total. The Morgan fingerprint density at radius 3 is 2.21 bits per heavy atom. The molecule has 2 aromatic carbocycles. The van der Waals surface area contributed by atoms with Gasteiger partial charge in [-0.15, -0.1) is 0 Å². The third-order valence-corrected chi connectivity index (χ3v) is 8.55. The van der Waals surface area contributed by atoms with E-state index in [9.17, 15) is 9.11 Å². The number of benzene rings is 2. The SMILES string of the molecule is CC(C)(C)[S+]([O-])c1ccc(C(Cn2ccnc2)[S+]([O-])c2ccc(Cl)c(Cl)c2)cc1. The molecule has 0 aliphatic rings. The summed E-state index contributed by atoms with van der Waals surface area (Å²) in [7, 11) is 0. The van der Waals surface area contributed by atoms with E-state index >= 15 is 0 Å². The van der Waals surface area contributed by atoms with Gasteiger partial charge >= 0.3 is 0 Å². The van der Waals surface area contributed by atoms with Crippen molar-refractivity contribution in [3.63, 3.8) is 0 Å². The molecule has 3 unspecified atom stereocenters. The van der Waals surface area contributed by atoms with Crippen molar-refractivity contribution in [2.24, 2.45) is 0 Å². The Hall–Kier alpha value is -1.15. The molecular formula is C21H22Cl2N2O2S2. The van der Waals surface area contributed by atoms with E-state index in [4.69, 9.17) is 23.2 Å². The van der Waals surface area contributed by atoms with Crippen LogP contribution in [0.3, 0.4) is 0 Å². The van der Waals surface area contributed by atoms with Crippen LogP contribution in [0.25, 0.3) is 0 Å². The fourth-order valence-electron chi connectivity index (χ4n) is 2.81. The molecule has 29 heavy (non-hydrogen) atoms. The molecule has 0 amide bonds. The zero-order chi connectivity index (χ0) is 21.2. The van der Waals surface area contributed by atoms with Gasteiger partial charge in [0.1, 0.15) is 4.75 Å². The Balaban J connectivity index is 1.94. The second kappa shape index (κ2) is 9.33. The zero-order valence-corrected chi connectivity index (χ0v) is 19.5. The summed E-state index contributed by atoms with van der Waals surface area (Å²) < 4.78 is 27.6. The number of hydrogen-bond acceptors (Lipinski definition) is 3. The summed E-state index contributed by atoms with van der Waals surface area (Å²) in [5.41, 5.74) is 0.887. The quantitative estimate of drug-likeness (QED) is 0.439. The zero-order valence-electron chi connectivity index (χ0n) is 16.3. The predicted molar refractivity (Wildman–Crippen MR) is 120 cm³/mol. The van der Waals surface area contributed by atoms with Crippen molar-refractivity contribution in [3.8, 4) is 0 Å². The molecule has 0 aliphatic heterocycles. The lowest BCUT2D eigenvalue weighted by Crippen LogP contribution is -2.28. The summed E-state index contributed by atoms with van der Waals surface area (Å²) in [4.78, 5) is 5.43. The highest BCUT2D eigenvalue weighted by Crippen LogP contribution is 2.34. The Kier molecular flexibility index (Phi) is 7.25. The maximum absolute atomic E-state index is 13.4. The van der Waals surface area contributed by atoms with Gasteiger partial charge in [-0.05, 0) is 79.5 Å². The van der Waals surface area contributed by atoms with Crippen molar-refractivity contribution in [1.82, 2.24) is 9.55 Å². The highest BCUT2D eigenvalue weighted by molar-refractivity contribution is 7.92. The first kappa shape index (κ1) is 22.5. The van der Waals surface area contributed by atoms with Gasteiger partial charge in [0.2, 0.25) is 0 Å². The molecule has 1 aromatic heterocycles. The van der Waals surface area contributed by atoms with Crippen LogP contribution in [0, 0.1) is 0 Å². The fourth-order valence-corrected chi connectivity index (χ4v) is 5.74. The van der Waals surface area contributed by atoms with Crippen LogP contribution in [0.2, 0.25) is 10.0 Å². The maximum atomic E-state index is 13.4. The van der Waals surface area contributed by atoms with Crippen LogP contribution in [-0.2, 0) is 28.9 Å². The van der Waals surface area contributed by atoms with Gasteiger partial charge in [-0.3, -0.25) is 0 Å². The third kappa shape index (κ3) is 5.51. The molecule has 0 N–H and O–H groups in total. The van der Waals surface area contributed by atoms with E-state index in [1.807, 2.05) is 55.8 Å². The largest absolute Gasteiger partial charge is 0.611 e. The average molecular weight is 469 g/mol. The molecule has 0 saturated heterocycles. The minimum absolute atomic E-state index is 0.335. The average Bonchev–Trinajstić information content (AvgIpc) is 3.20. The van der Waals surface area contributed by atoms with E-state index in [2.05, 4.69) is 4.98 Å². The number of halogens is 2. The Bertz CT molecular complexity index is 944. The summed E-state index contributed by atoms with van der Waals surface area (Å²) in [5, 5.41) is 0.459. The summed E-state index contributed by atoms with van der Waals surface area (Å²) in [6, 6.07) is 12.5. The van der Waals surface area contributed by atoms with Crippen molar-refractivity contribution >= 4 is 45.6 Å². The van der Waals surface area contributed by atoms with Gasteiger partial charge in [0.15, 0.2) is 15.0 Å². The van der Waals surface area contributed by atoms with Crippen molar-refractivity contribution in [1.29, 1.82) is 0 Å². The normalized spacial score (nSPS) is 15.1. The molecule has 0 aliphatic carbocycles. The maximum Gasteiger partial charge on any atom is 0.163 e. The second-order valence-electron chi connectivity index (χ2n) is 7.57. The van der Waals surface area contributed by atoms with Crippen molar-refractivity contribution in [3.05, 3.63) is 76.8 Å². The van der Waals surface area contributed by atoms with Gasteiger partial charge in [-0.1, -0.05) is 23.2 Å². The number of aromatic nitrogens is 2. The van der Waals surface area contributed by atoms with Crippen LogP contribution in [0.4, 0.5) is 0 Å². The molecule has 1 heterocycles. The molecule has 8 heteroatoms. The Morgan fingerprint density at radius 2 is 1.66 bits per heavy atom. The fraction of sp³-hybridized carbons (Fsp3) is 0.286. The van der Waals surface area contributed by atoms with E-state index in [1.54, 1.807) is 30.7 Å². The highest BCUT2D eigenvalue weighted by Gasteiger charge is 2.31. The van der Waals surface area contributed by atoms with E-state index in [1.165, 1.54) is 0 Å². The van der Waals surface area contributed by atoms with Crippen molar-refractivity contribution in [2.75, 3.05) is 0 Å². The molecule has 0 fully saturated rings. The molecular weight excluding hydrogens is 447 g/mol. The van der Waals surface area contributed by atoms with E-state index in [-0.39, 0.29) is 10.00 Å². The van der Waals surface area contributed by atoms with Crippen LogP contribution in [-0.4, -0.2) is 23.4 Å². The first-order valence-corrected chi connectivity index (χ1v) is 12.1. The highest BCUT2D eigenvalue weighted by atomic mass is 35.5. The molecule has 3 atom stereocenters. The lowest BCUT2D eigenvalue weighted by atomic mass is 10.1. The number of nitrogens with zero attached hydrogens (tertiary/aromatic N) is 2. The number of imidazole rings is 1. The molecule has 0 saturated carbocycles. The minimum atomic E-state index is -1.38. The number of rotatable bonds is 6. The lowest BCUT2D eigenvalue weighted by Gasteiger charge is -2.25. The topological polar surface area (TPSA) is 63.9 Å². The van der Waals surface area contributed by atoms with Crippen molar-refractivity contribution in [2.45, 2.75) is 47.1 Å². The van der Waals surface area contributed by atoms with Gasteiger partial charge < -0.3 is 13.7 Å². The molecule has 0 radical (unpaired) electrons. The first-order chi connectivity index (χ1) is 13.7.